The van der Waals surface area contributed by atoms with E-state index < -0.39 is 110 Å². The molecule has 1 aliphatic heterocycles. The molecule has 2 rings (SSSR count). The van der Waals surface area contributed by atoms with Gasteiger partial charge in [0, 0.05) is 33.6 Å². The van der Waals surface area contributed by atoms with Crippen LogP contribution in [-0.4, -0.2) is 110 Å². The lowest BCUT2D eigenvalue weighted by atomic mass is 9.95. The van der Waals surface area contributed by atoms with E-state index in [0.717, 1.165) is 90.0 Å². The van der Waals surface area contributed by atoms with E-state index in [9.17, 15) is 38.4 Å². The first-order valence-corrected chi connectivity index (χ1v) is 33.1. The van der Waals surface area contributed by atoms with E-state index in [4.69, 9.17) is 33.2 Å². The van der Waals surface area contributed by atoms with Crippen LogP contribution in [0.15, 0.2) is 30.3 Å². The molecule has 18 nitrogen and oxygen atoms in total. The number of esters is 5. The number of carbonyl (C=O) groups excluding carboxylic acids is 8. The van der Waals surface area contributed by atoms with Crippen molar-refractivity contribution in [2.45, 2.75) is 329 Å². The highest BCUT2D eigenvalue weighted by Gasteiger charge is 2.52. The van der Waals surface area contributed by atoms with Crippen molar-refractivity contribution in [2.24, 2.45) is 0 Å². The summed E-state index contributed by atoms with van der Waals surface area (Å²) in [5, 5.41) is 8.26. The zero-order valence-electron chi connectivity index (χ0n) is 53.5. The molecular weight excluding hydrogens is 1090 g/mol. The zero-order chi connectivity index (χ0) is 62.3. The summed E-state index contributed by atoms with van der Waals surface area (Å²) in [5.41, 5.74) is 0.740. The van der Waals surface area contributed by atoms with Crippen molar-refractivity contribution in [2.75, 3.05) is 13.2 Å². The summed E-state index contributed by atoms with van der Waals surface area (Å²) in [5.74, 6) is -5.35. The van der Waals surface area contributed by atoms with E-state index in [1.165, 1.54) is 123 Å². The van der Waals surface area contributed by atoms with Crippen LogP contribution in [0.2, 0.25) is 0 Å². The van der Waals surface area contributed by atoms with Gasteiger partial charge in [-0.25, -0.2) is 4.79 Å². The number of carbonyl (C=O) groups is 8. The molecule has 1 aromatic carbocycles. The van der Waals surface area contributed by atoms with Crippen molar-refractivity contribution < 1.29 is 71.5 Å². The maximum absolute atomic E-state index is 14.5. The van der Waals surface area contributed by atoms with Crippen LogP contribution in [0.3, 0.4) is 0 Å². The minimum atomic E-state index is -1.62. The Morgan fingerprint density at radius 1 is 0.529 bits per heavy atom. The fraction of sp³-hybridized carbons (Fsp3) is 0.791. The number of hydrogen-bond acceptors (Lipinski definition) is 15. The number of benzene rings is 1. The van der Waals surface area contributed by atoms with Crippen molar-refractivity contribution in [1.29, 1.82) is 0 Å². The number of rotatable bonds is 51. The molecule has 8 atom stereocenters. The molecule has 0 spiro atoms. The second-order valence-electron chi connectivity index (χ2n) is 23.4. The summed E-state index contributed by atoms with van der Waals surface area (Å²) in [4.78, 5) is 107. The van der Waals surface area contributed by atoms with Gasteiger partial charge in [0.1, 0.15) is 43.5 Å². The van der Waals surface area contributed by atoms with Crippen LogP contribution >= 0.6 is 0 Å². The fourth-order valence-corrected chi connectivity index (χ4v) is 10.5. The van der Waals surface area contributed by atoms with E-state index in [2.05, 4.69) is 36.7 Å². The Bertz CT molecular complexity index is 1990. The highest BCUT2D eigenvalue weighted by molar-refractivity contribution is 5.90. The van der Waals surface area contributed by atoms with E-state index in [1.54, 1.807) is 12.1 Å². The van der Waals surface area contributed by atoms with Gasteiger partial charge in [0.15, 0.2) is 18.5 Å². The van der Waals surface area contributed by atoms with Crippen molar-refractivity contribution in [3.05, 3.63) is 35.9 Å². The Balaban J connectivity index is 2.41. The quantitative estimate of drug-likeness (QED) is 0.0312. The van der Waals surface area contributed by atoms with Gasteiger partial charge < -0.3 is 49.1 Å². The summed E-state index contributed by atoms with van der Waals surface area (Å²) in [7, 11) is 0. The van der Waals surface area contributed by atoms with E-state index in [0.29, 0.717) is 25.7 Å². The molecule has 1 aromatic rings. The summed E-state index contributed by atoms with van der Waals surface area (Å²) in [6, 6.07) is 4.96. The van der Waals surface area contributed by atoms with Crippen LogP contribution < -0.4 is 16.0 Å². The number of ether oxygens (including phenoxy) is 7. The molecule has 1 fully saturated rings. The van der Waals surface area contributed by atoms with Gasteiger partial charge >= 0.3 is 29.8 Å². The molecule has 1 saturated heterocycles. The molecule has 3 amide bonds. The molecular formula is C67H113N3O15. The molecule has 0 unspecified atom stereocenters. The van der Waals surface area contributed by atoms with Gasteiger partial charge in [0.2, 0.25) is 17.7 Å². The standard InChI is InChI=1S/C67H113N3O15/c1-8-11-14-17-20-23-25-28-31-34-40-45-59(74)69-57(65(77)68-51(4)66(78)80-48-55-42-37-36-38-43-55)49-81-67-62(64(83-54(7)73)63(82-53(6)72)58(85-67)50-79-52(5)71)70-60(75)47-56(44-39-33-30-27-22-19-16-13-10-3)84-61(76)46-41-35-32-29-26-24-21-18-15-12-9-2/h36-38,42-43,51,56-58,62-64,67H,8-35,39-41,44-50H2,1-7H3,(H,68,77)(H,69,74)(H,70,75)/t51-,56+,57-,58+,62+,63+,64+,67+/m0/s1. The van der Waals surface area contributed by atoms with Crippen LogP contribution in [-0.2, 0) is 78.1 Å². The minimum Gasteiger partial charge on any atom is -0.463 e. The van der Waals surface area contributed by atoms with Gasteiger partial charge in [-0.2, -0.15) is 0 Å². The second kappa shape index (κ2) is 49.0. The first kappa shape index (κ1) is 76.0. The zero-order valence-corrected chi connectivity index (χ0v) is 53.5. The van der Waals surface area contributed by atoms with Crippen LogP contribution in [0.5, 0.6) is 0 Å². The van der Waals surface area contributed by atoms with Gasteiger partial charge in [-0.3, -0.25) is 33.6 Å². The molecule has 0 saturated carbocycles. The maximum atomic E-state index is 14.5. The Hall–Kier alpha value is -5.10. The van der Waals surface area contributed by atoms with Gasteiger partial charge in [-0.1, -0.05) is 231 Å². The number of unbranched alkanes of at least 4 members (excludes halogenated alkanes) is 28. The van der Waals surface area contributed by atoms with Crippen molar-refractivity contribution in [3.8, 4) is 0 Å². The average molecular weight is 1200 g/mol. The predicted molar refractivity (Wildman–Crippen MR) is 329 cm³/mol. The predicted octanol–water partition coefficient (Wildman–Crippen LogP) is 13.0. The molecule has 0 aromatic heterocycles. The van der Waals surface area contributed by atoms with Crippen molar-refractivity contribution >= 4 is 47.6 Å². The van der Waals surface area contributed by atoms with Gasteiger partial charge in [0.05, 0.1) is 13.0 Å². The van der Waals surface area contributed by atoms with Crippen molar-refractivity contribution in [3.63, 3.8) is 0 Å². The van der Waals surface area contributed by atoms with Crippen molar-refractivity contribution in [1.82, 2.24) is 16.0 Å². The lowest BCUT2D eigenvalue weighted by Crippen LogP contribution is -2.67. The van der Waals surface area contributed by atoms with Gasteiger partial charge in [0.25, 0.3) is 0 Å². The van der Waals surface area contributed by atoms with E-state index >= 15 is 0 Å². The second-order valence-corrected chi connectivity index (χ2v) is 23.4. The maximum Gasteiger partial charge on any atom is 0.328 e. The number of amides is 3. The van der Waals surface area contributed by atoms with E-state index in [-0.39, 0.29) is 25.9 Å². The van der Waals surface area contributed by atoms with Crippen LogP contribution in [0, 0.1) is 0 Å². The van der Waals surface area contributed by atoms with Gasteiger partial charge in [-0.15, -0.1) is 0 Å². The monoisotopic (exact) mass is 1200 g/mol. The molecule has 18 heteroatoms. The summed E-state index contributed by atoms with van der Waals surface area (Å²) < 4.78 is 41.1. The molecule has 1 aliphatic rings. The lowest BCUT2D eigenvalue weighted by Gasteiger charge is -2.45. The molecule has 85 heavy (non-hydrogen) atoms. The molecule has 486 valence electrons. The third-order valence-corrected chi connectivity index (χ3v) is 15.4. The normalized spacial score (nSPS) is 17.6. The highest BCUT2D eigenvalue weighted by atomic mass is 16.7. The Labute approximate surface area is 510 Å². The number of hydrogen-bond donors (Lipinski definition) is 3. The third kappa shape index (κ3) is 37.9. The Morgan fingerprint density at radius 2 is 1.00 bits per heavy atom. The smallest absolute Gasteiger partial charge is 0.328 e. The molecule has 0 radical (unpaired) electrons. The average Bonchev–Trinajstić information content (AvgIpc) is 2.88. The highest BCUT2D eigenvalue weighted by Crippen LogP contribution is 2.29. The molecule has 0 bridgehead atoms. The van der Waals surface area contributed by atoms with E-state index in [1.807, 2.05) is 18.2 Å². The fourth-order valence-electron chi connectivity index (χ4n) is 10.5. The van der Waals surface area contributed by atoms with Gasteiger partial charge in [-0.05, 0) is 38.2 Å². The summed E-state index contributed by atoms with van der Waals surface area (Å²) in [6.07, 6.45) is 27.6. The largest absolute Gasteiger partial charge is 0.463 e. The molecule has 3 N–H and O–H groups in total. The molecule has 1 heterocycles. The third-order valence-electron chi connectivity index (χ3n) is 15.4. The SMILES string of the molecule is CCCCCCCCCCCCCC(=O)N[C@@H](CO[C@@H]1O[C@H](COC(C)=O)[C@@H](OC(C)=O)[C@H](OC(C)=O)[C@H]1NC(=O)C[C@@H](CCCCCCCCCCC)OC(=O)CCCCCCCCCCCCC)C(=O)N[C@@H](C)C(=O)OCc1ccccc1. The number of nitrogens with one attached hydrogen (secondary N) is 3. The van der Waals surface area contributed by atoms with Crippen LogP contribution in [0.1, 0.15) is 279 Å². The first-order valence-electron chi connectivity index (χ1n) is 33.1. The van der Waals surface area contributed by atoms with Crippen LogP contribution in [0.4, 0.5) is 0 Å². The Morgan fingerprint density at radius 3 is 1.49 bits per heavy atom. The minimum absolute atomic E-state index is 0.0392. The summed E-state index contributed by atoms with van der Waals surface area (Å²) in [6.45, 7) is 10.3. The molecule has 0 aliphatic carbocycles. The van der Waals surface area contributed by atoms with Crippen LogP contribution in [0.25, 0.3) is 0 Å². The topological polar surface area (TPSA) is 237 Å². The Kier molecular flexibility index (Phi) is 43.8. The first-order chi connectivity index (χ1) is 41.1. The lowest BCUT2D eigenvalue weighted by molar-refractivity contribution is -0.278. The summed E-state index contributed by atoms with van der Waals surface area (Å²) >= 11 is 0.